The minimum atomic E-state index is -0.0475. The van der Waals surface area contributed by atoms with Gasteiger partial charge in [-0.25, -0.2) is 0 Å². The van der Waals surface area contributed by atoms with E-state index in [1.165, 1.54) is 5.56 Å². The fourth-order valence-electron chi connectivity index (χ4n) is 1.36. The van der Waals surface area contributed by atoms with Crippen molar-refractivity contribution in [3.05, 3.63) is 35.4 Å². The number of amides is 1. The lowest BCUT2D eigenvalue weighted by molar-refractivity contribution is 0.0963. The molecule has 0 saturated heterocycles. The first kappa shape index (κ1) is 11.7. The Labute approximate surface area is 90.7 Å². The van der Waals surface area contributed by atoms with Gasteiger partial charge in [0.15, 0.2) is 0 Å². The largest absolute Gasteiger partial charge is 0.355 e. The van der Waals surface area contributed by atoms with E-state index in [0.717, 1.165) is 12.8 Å². The van der Waals surface area contributed by atoms with E-state index in [4.69, 9.17) is 5.73 Å². The normalized spacial score (nSPS) is 12.2. The Kier molecular flexibility index (Phi) is 4.31. The molecule has 15 heavy (non-hydrogen) atoms. The highest BCUT2D eigenvalue weighted by Crippen LogP contribution is 2.07. The van der Waals surface area contributed by atoms with Crippen molar-refractivity contribution >= 4 is 5.91 Å². The molecule has 0 aromatic heterocycles. The van der Waals surface area contributed by atoms with Crippen molar-refractivity contribution in [2.24, 2.45) is 5.73 Å². The van der Waals surface area contributed by atoms with Crippen LogP contribution in [0, 0.1) is 0 Å². The van der Waals surface area contributed by atoms with Gasteiger partial charge in [-0.2, -0.15) is 0 Å². The maximum absolute atomic E-state index is 11.3. The third-order valence-corrected chi connectivity index (χ3v) is 2.33. The van der Waals surface area contributed by atoms with E-state index in [-0.39, 0.29) is 11.9 Å². The molecule has 3 N–H and O–H groups in total. The molecule has 0 aliphatic carbocycles. The van der Waals surface area contributed by atoms with E-state index in [1.807, 2.05) is 31.2 Å². The summed E-state index contributed by atoms with van der Waals surface area (Å²) in [6, 6.07) is 7.87. The highest BCUT2D eigenvalue weighted by Gasteiger charge is 2.02. The standard InChI is InChI=1S/C12H18N2O/c1-9(13)3-4-10-5-7-11(8-6-10)12(15)14-2/h5-9H,3-4,13H2,1-2H3,(H,14,15). The quantitative estimate of drug-likeness (QED) is 0.780. The molecule has 3 heteroatoms. The average Bonchev–Trinajstić information content (AvgIpc) is 2.26. The number of aryl methyl sites for hydroxylation is 1. The first-order valence-corrected chi connectivity index (χ1v) is 5.20. The van der Waals surface area contributed by atoms with Crippen LogP contribution in [0.15, 0.2) is 24.3 Å². The van der Waals surface area contributed by atoms with Crippen LogP contribution in [0.25, 0.3) is 0 Å². The van der Waals surface area contributed by atoms with Gasteiger partial charge in [0.2, 0.25) is 0 Å². The van der Waals surface area contributed by atoms with Crippen molar-refractivity contribution in [3.8, 4) is 0 Å². The predicted octanol–water partition coefficient (Wildman–Crippen LogP) is 1.33. The van der Waals surface area contributed by atoms with Gasteiger partial charge in [-0.1, -0.05) is 12.1 Å². The third kappa shape index (κ3) is 3.72. The van der Waals surface area contributed by atoms with Crippen LogP contribution in [-0.2, 0) is 6.42 Å². The van der Waals surface area contributed by atoms with Crippen molar-refractivity contribution in [2.75, 3.05) is 7.05 Å². The molecule has 1 aromatic rings. The lowest BCUT2D eigenvalue weighted by Crippen LogP contribution is -2.17. The number of rotatable bonds is 4. The van der Waals surface area contributed by atoms with Crippen molar-refractivity contribution in [1.29, 1.82) is 0 Å². The summed E-state index contributed by atoms with van der Waals surface area (Å²) in [5.74, 6) is -0.0475. The summed E-state index contributed by atoms with van der Waals surface area (Å²) in [5.41, 5.74) is 7.59. The van der Waals surface area contributed by atoms with Crippen LogP contribution in [0.1, 0.15) is 29.3 Å². The van der Waals surface area contributed by atoms with Crippen LogP contribution in [0.2, 0.25) is 0 Å². The van der Waals surface area contributed by atoms with Crippen LogP contribution in [0.5, 0.6) is 0 Å². The number of hydrogen-bond acceptors (Lipinski definition) is 2. The topological polar surface area (TPSA) is 55.1 Å². The summed E-state index contributed by atoms with van der Waals surface area (Å²) < 4.78 is 0. The number of nitrogens with two attached hydrogens (primary N) is 1. The van der Waals surface area contributed by atoms with E-state index >= 15 is 0 Å². The molecule has 1 rings (SSSR count). The fourth-order valence-corrected chi connectivity index (χ4v) is 1.36. The van der Waals surface area contributed by atoms with Gasteiger partial charge in [0.05, 0.1) is 0 Å². The number of nitrogens with one attached hydrogen (secondary N) is 1. The van der Waals surface area contributed by atoms with Crippen LogP contribution >= 0.6 is 0 Å². The second kappa shape index (κ2) is 5.51. The molecule has 0 heterocycles. The smallest absolute Gasteiger partial charge is 0.251 e. The Morgan fingerprint density at radius 2 is 2.00 bits per heavy atom. The maximum Gasteiger partial charge on any atom is 0.251 e. The van der Waals surface area contributed by atoms with Crippen LogP contribution in [0.3, 0.4) is 0 Å². The average molecular weight is 206 g/mol. The summed E-state index contributed by atoms with van der Waals surface area (Å²) in [6.45, 7) is 2.00. The summed E-state index contributed by atoms with van der Waals surface area (Å²) in [7, 11) is 1.63. The molecule has 0 spiro atoms. The molecule has 0 saturated carbocycles. The monoisotopic (exact) mass is 206 g/mol. The summed E-state index contributed by atoms with van der Waals surface area (Å²) >= 11 is 0. The number of carbonyl (C=O) groups is 1. The van der Waals surface area contributed by atoms with E-state index in [0.29, 0.717) is 5.56 Å². The second-order valence-electron chi connectivity index (χ2n) is 3.79. The van der Waals surface area contributed by atoms with Crippen LogP contribution in [0.4, 0.5) is 0 Å². The first-order chi connectivity index (χ1) is 7.13. The minimum absolute atomic E-state index is 0.0475. The van der Waals surface area contributed by atoms with E-state index in [1.54, 1.807) is 7.05 Å². The molecule has 0 fully saturated rings. The summed E-state index contributed by atoms with van der Waals surface area (Å²) in [4.78, 5) is 11.3. The summed E-state index contributed by atoms with van der Waals surface area (Å²) in [6.07, 6.45) is 1.94. The number of hydrogen-bond donors (Lipinski definition) is 2. The van der Waals surface area contributed by atoms with Crippen molar-refractivity contribution in [3.63, 3.8) is 0 Å². The fraction of sp³-hybridized carbons (Fsp3) is 0.417. The highest BCUT2D eigenvalue weighted by atomic mass is 16.1. The molecule has 1 atom stereocenters. The number of benzene rings is 1. The molecule has 0 aliphatic rings. The Bertz CT molecular complexity index is 317. The zero-order valence-electron chi connectivity index (χ0n) is 9.29. The molecule has 1 aromatic carbocycles. The van der Waals surface area contributed by atoms with Gasteiger partial charge in [-0.05, 0) is 37.5 Å². The molecule has 82 valence electrons. The molecule has 1 amide bonds. The molecule has 0 radical (unpaired) electrons. The minimum Gasteiger partial charge on any atom is -0.355 e. The lowest BCUT2D eigenvalue weighted by Gasteiger charge is -2.05. The first-order valence-electron chi connectivity index (χ1n) is 5.20. The Hall–Kier alpha value is -1.35. The van der Waals surface area contributed by atoms with E-state index in [9.17, 15) is 4.79 Å². The number of carbonyl (C=O) groups excluding carboxylic acids is 1. The van der Waals surface area contributed by atoms with Gasteiger partial charge in [-0.15, -0.1) is 0 Å². The van der Waals surface area contributed by atoms with Gasteiger partial charge in [0.1, 0.15) is 0 Å². The SMILES string of the molecule is CNC(=O)c1ccc(CCC(C)N)cc1. The Balaban J connectivity index is 2.60. The lowest BCUT2D eigenvalue weighted by atomic mass is 10.0. The highest BCUT2D eigenvalue weighted by molar-refractivity contribution is 5.93. The van der Waals surface area contributed by atoms with E-state index < -0.39 is 0 Å². The van der Waals surface area contributed by atoms with Gasteiger partial charge in [0, 0.05) is 18.7 Å². The predicted molar refractivity (Wildman–Crippen MR) is 61.8 cm³/mol. The van der Waals surface area contributed by atoms with Gasteiger partial charge < -0.3 is 11.1 Å². The van der Waals surface area contributed by atoms with Gasteiger partial charge >= 0.3 is 0 Å². The second-order valence-corrected chi connectivity index (χ2v) is 3.79. The van der Waals surface area contributed by atoms with Crippen molar-refractivity contribution in [1.82, 2.24) is 5.32 Å². The van der Waals surface area contributed by atoms with Gasteiger partial charge in [-0.3, -0.25) is 4.79 Å². The van der Waals surface area contributed by atoms with Crippen molar-refractivity contribution in [2.45, 2.75) is 25.8 Å². The van der Waals surface area contributed by atoms with Crippen LogP contribution < -0.4 is 11.1 Å². The van der Waals surface area contributed by atoms with E-state index in [2.05, 4.69) is 5.32 Å². The van der Waals surface area contributed by atoms with Crippen LogP contribution in [-0.4, -0.2) is 19.0 Å². The zero-order chi connectivity index (χ0) is 11.3. The van der Waals surface area contributed by atoms with Crippen molar-refractivity contribution < 1.29 is 4.79 Å². The van der Waals surface area contributed by atoms with Gasteiger partial charge in [0.25, 0.3) is 5.91 Å². The molecule has 0 bridgehead atoms. The molecule has 0 aliphatic heterocycles. The summed E-state index contributed by atoms with van der Waals surface area (Å²) in [5, 5.41) is 2.59. The Morgan fingerprint density at radius 1 is 1.40 bits per heavy atom. The molecule has 3 nitrogen and oxygen atoms in total. The maximum atomic E-state index is 11.3. The molecule has 1 unspecified atom stereocenters. The molecular formula is C12H18N2O. The molecular weight excluding hydrogens is 188 g/mol. The Morgan fingerprint density at radius 3 is 2.47 bits per heavy atom. The zero-order valence-corrected chi connectivity index (χ0v) is 9.29. The third-order valence-electron chi connectivity index (χ3n) is 2.33.